The molecule has 2 atom stereocenters. The van der Waals surface area contributed by atoms with Crippen molar-refractivity contribution in [1.82, 2.24) is 10.5 Å². The first kappa shape index (κ1) is 26.7. The first-order chi connectivity index (χ1) is 14.6. The minimum atomic E-state index is -2.89. The van der Waals surface area contributed by atoms with Crippen molar-refractivity contribution >= 4 is 7.85 Å². The molecule has 0 bridgehead atoms. The highest BCUT2D eigenvalue weighted by Crippen LogP contribution is 2.32. The summed E-state index contributed by atoms with van der Waals surface area (Å²) in [5, 5.41) is 9.46. The summed E-state index contributed by atoms with van der Waals surface area (Å²) in [6, 6.07) is 7.96. The van der Waals surface area contributed by atoms with Crippen LogP contribution in [0.4, 0.5) is 8.78 Å². The molecule has 0 amide bonds. The molecule has 31 heavy (non-hydrogen) atoms. The molecular weight excluding hydrogens is 403 g/mol. The van der Waals surface area contributed by atoms with Crippen molar-refractivity contribution in [3.8, 4) is 17.1 Å². The van der Waals surface area contributed by atoms with Crippen molar-refractivity contribution < 1.29 is 18.0 Å². The normalized spacial score (nSPS) is 17.0. The van der Waals surface area contributed by atoms with E-state index in [9.17, 15) is 8.78 Å². The highest BCUT2D eigenvalue weighted by atomic mass is 19.3. The second kappa shape index (κ2) is 13.2. The van der Waals surface area contributed by atoms with Crippen LogP contribution in [0.2, 0.25) is 0 Å². The fourth-order valence-electron chi connectivity index (χ4n) is 3.09. The molecule has 1 saturated heterocycles. The number of alkyl halides is 2. The lowest BCUT2D eigenvalue weighted by Crippen LogP contribution is -2.36. The van der Waals surface area contributed by atoms with Crippen LogP contribution in [0.1, 0.15) is 52.0 Å². The Morgan fingerprint density at radius 1 is 1.32 bits per heavy atom. The van der Waals surface area contributed by atoms with Gasteiger partial charge in [-0.1, -0.05) is 50.2 Å². The number of halogens is 2. The molecule has 1 aromatic heterocycles. The molecule has 170 valence electrons. The van der Waals surface area contributed by atoms with Crippen molar-refractivity contribution in [3.63, 3.8) is 0 Å². The zero-order valence-electron chi connectivity index (χ0n) is 18.9. The van der Waals surface area contributed by atoms with Crippen LogP contribution in [0.15, 0.2) is 40.0 Å². The molecule has 2 radical (unpaired) electrons. The molecule has 3 rings (SSSR count). The number of benzene rings is 1. The molecule has 1 aliphatic rings. The number of piperidine rings is 1. The van der Waals surface area contributed by atoms with E-state index in [1.54, 1.807) is 31.2 Å². The van der Waals surface area contributed by atoms with Gasteiger partial charge in [0, 0.05) is 6.07 Å². The number of aromatic nitrogens is 1. The van der Waals surface area contributed by atoms with E-state index in [2.05, 4.69) is 41.2 Å². The molecule has 1 fully saturated rings. The fraction of sp³-hybridized carbons (Fsp3) is 0.591. The first-order valence-electron chi connectivity index (χ1n) is 10.3. The van der Waals surface area contributed by atoms with Crippen LogP contribution >= 0.6 is 0 Å². The third-order valence-electron chi connectivity index (χ3n) is 4.89. The SMILES string of the molecule is CC(C)(C)C1CCCNC1.CN=O.[B]C(C)c1cc(-c2ccccc2OC(F)F)on1. The van der Waals surface area contributed by atoms with Crippen molar-refractivity contribution in [2.45, 2.75) is 53.0 Å². The van der Waals surface area contributed by atoms with Gasteiger partial charge in [0.15, 0.2) is 5.76 Å². The van der Waals surface area contributed by atoms with Crippen LogP contribution in [0.5, 0.6) is 5.75 Å². The Balaban J connectivity index is 0.000000311. The van der Waals surface area contributed by atoms with Crippen LogP contribution in [-0.2, 0) is 0 Å². The topological polar surface area (TPSA) is 76.7 Å². The Hall–Kier alpha value is -2.29. The molecular formula is C22H32BF2N3O3. The summed E-state index contributed by atoms with van der Waals surface area (Å²) < 4.78 is 34.0. The van der Waals surface area contributed by atoms with E-state index < -0.39 is 6.61 Å². The summed E-state index contributed by atoms with van der Waals surface area (Å²) in [5.74, 6) is 0.991. The zero-order valence-corrected chi connectivity index (χ0v) is 18.9. The largest absolute Gasteiger partial charge is 0.434 e. The van der Waals surface area contributed by atoms with Gasteiger partial charge in [0.05, 0.1) is 26.2 Å². The van der Waals surface area contributed by atoms with Crippen LogP contribution in [-0.4, -0.2) is 39.8 Å². The molecule has 1 aromatic carbocycles. The third-order valence-corrected chi connectivity index (χ3v) is 4.89. The Kier molecular flexibility index (Phi) is 11.4. The lowest BCUT2D eigenvalue weighted by atomic mass is 9.77. The number of hydrogen-bond acceptors (Lipinski definition) is 6. The maximum absolute atomic E-state index is 12.3. The van der Waals surface area contributed by atoms with Gasteiger partial charge in [0.1, 0.15) is 5.75 Å². The predicted octanol–water partition coefficient (Wildman–Crippen LogP) is 5.59. The van der Waals surface area contributed by atoms with Gasteiger partial charge < -0.3 is 14.6 Å². The summed E-state index contributed by atoms with van der Waals surface area (Å²) >= 11 is 0. The number of hydrogen-bond donors (Lipinski definition) is 1. The van der Waals surface area contributed by atoms with Gasteiger partial charge in [-0.05, 0) is 55.2 Å². The van der Waals surface area contributed by atoms with Gasteiger partial charge in [0.25, 0.3) is 0 Å². The summed E-state index contributed by atoms with van der Waals surface area (Å²) in [5.41, 5.74) is 1.47. The second-order valence-electron chi connectivity index (χ2n) is 8.37. The highest BCUT2D eigenvalue weighted by Gasteiger charge is 2.25. The van der Waals surface area contributed by atoms with Gasteiger partial charge >= 0.3 is 6.61 Å². The van der Waals surface area contributed by atoms with Crippen LogP contribution in [0.3, 0.4) is 0 Å². The van der Waals surface area contributed by atoms with Crippen LogP contribution in [0, 0.1) is 16.2 Å². The Labute approximate surface area is 184 Å². The van der Waals surface area contributed by atoms with Gasteiger partial charge in [-0.2, -0.15) is 13.7 Å². The molecule has 2 aromatic rings. The number of nitroso groups, excluding NO2 is 1. The molecule has 9 heteroatoms. The lowest BCUT2D eigenvalue weighted by molar-refractivity contribution is -0.0495. The Morgan fingerprint density at radius 2 is 1.97 bits per heavy atom. The summed E-state index contributed by atoms with van der Waals surface area (Å²) in [6.45, 7) is 8.33. The minimum Gasteiger partial charge on any atom is -0.434 e. The van der Waals surface area contributed by atoms with E-state index >= 15 is 0 Å². The summed E-state index contributed by atoms with van der Waals surface area (Å²) in [4.78, 5) is 8.56. The van der Waals surface area contributed by atoms with Gasteiger partial charge in [-0.25, -0.2) is 0 Å². The molecule has 0 spiro atoms. The third kappa shape index (κ3) is 9.59. The van der Waals surface area contributed by atoms with Crippen molar-refractivity contribution in [2.75, 3.05) is 20.1 Å². The average molecular weight is 435 g/mol. The summed E-state index contributed by atoms with van der Waals surface area (Å²) in [7, 11) is 6.84. The van der Waals surface area contributed by atoms with E-state index in [1.807, 2.05) is 0 Å². The van der Waals surface area contributed by atoms with Crippen molar-refractivity contribution in [3.05, 3.63) is 40.9 Å². The Bertz CT molecular complexity index is 773. The predicted molar refractivity (Wildman–Crippen MR) is 120 cm³/mol. The number of rotatable bonds is 4. The average Bonchev–Trinajstić information content (AvgIpc) is 3.20. The molecule has 0 aliphatic carbocycles. The Morgan fingerprint density at radius 3 is 2.42 bits per heavy atom. The molecule has 1 aliphatic heterocycles. The molecule has 2 heterocycles. The highest BCUT2D eigenvalue weighted by molar-refractivity contribution is 6.11. The fourth-order valence-corrected chi connectivity index (χ4v) is 3.09. The molecule has 6 nitrogen and oxygen atoms in total. The molecule has 1 N–H and O–H groups in total. The lowest BCUT2D eigenvalue weighted by Gasteiger charge is -2.34. The standard InChI is InChI=1S/C12H10BF2NO2.C9H19N.CH3NO/c1-7(13)9-6-11(18-16-9)8-4-2-3-5-10(8)17-12(14)15;1-9(2,3)8-5-4-6-10-7-8;1-2-3/h2-7,12H,1H3;8,10H,4-7H2,1-3H3;1H3. The van der Waals surface area contributed by atoms with E-state index in [0.29, 0.717) is 22.4 Å². The van der Waals surface area contributed by atoms with Gasteiger partial charge in [-0.3, -0.25) is 0 Å². The minimum absolute atomic E-state index is 0.0416. The maximum atomic E-state index is 12.3. The van der Waals surface area contributed by atoms with E-state index in [4.69, 9.17) is 17.3 Å². The number of ether oxygens (including phenoxy) is 1. The second-order valence-corrected chi connectivity index (χ2v) is 8.37. The first-order valence-corrected chi connectivity index (χ1v) is 10.3. The van der Waals surface area contributed by atoms with Crippen LogP contribution < -0.4 is 10.1 Å². The van der Waals surface area contributed by atoms with Crippen molar-refractivity contribution in [1.29, 1.82) is 0 Å². The zero-order chi connectivity index (χ0) is 23.4. The molecule has 2 unspecified atom stereocenters. The van der Waals surface area contributed by atoms with Gasteiger partial charge in [0.2, 0.25) is 0 Å². The quantitative estimate of drug-likeness (QED) is 0.501. The number of nitrogens with one attached hydrogen (secondary N) is 1. The summed E-state index contributed by atoms with van der Waals surface area (Å²) in [6.07, 6.45) is 2.78. The maximum Gasteiger partial charge on any atom is 0.387 e. The molecule has 0 saturated carbocycles. The van der Waals surface area contributed by atoms with Crippen molar-refractivity contribution in [2.24, 2.45) is 16.5 Å². The number of nitrogens with zero attached hydrogens (tertiary/aromatic N) is 2. The smallest absolute Gasteiger partial charge is 0.387 e. The monoisotopic (exact) mass is 435 g/mol. The van der Waals surface area contributed by atoms with Gasteiger partial charge in [-0.15, -0.1) is 0 Å². The van der Waals surface area contributed by atoms with Crippen LogP contribution in [0.25, 0.3) is 11.3 Å². The van der Waals surface area contributed by atoms with E-state index in [1.165, 1.54) is 39.0 Å². The number of para-hydroxylation sites is 1. The van der Waals surface area contributed by atoms with E-state index in [-0.39, 0.29) is 11.6 Å². The van der Waals surface area contributed by atoms with E-state index in [0.717, 1.165) is 5.92 Å².